The fraction of sp³-hybridized carbons (Fsp3) is 0.0833. The second-order valence-electron chi connectivity index (χ2n) is 6.17. The van der Waals surface area contributed by atoms with Crippen molar-refractivity contribution in [3.8, 4) is 33.6 Å². The summed E-state index contributed by atoms with van der Waals surface area (Å²) >= 11 is 0. The summed E-state index contributed by atoms with van der Waals surface area (Å²) in [6, 6.07) is 31.3. The van der Waals surface area contributed by atoms with Crippen LogP contribution in [0.3, 0.4) is 0 Å². The van der Waals surface area contributed by atoms with E-state index in [4.69, 9.17) is 0 Å². The first-order chi connectivity index (χ1) is 12.7. The third kappa shape index (κ3) is 6.54. The van der Waals surface area contributed by atoms with Gasteiger partial charge in [0.05, 0.1) is 13.2 Å². The van der Waals surface area contributed by atoms with Crippen LogP contribution in [0.15, 0.2) is 67.0 Å². The van der Waals surface area contributed by atoms with E-state index in [1.165, 1.54) is 0 Å². The Morgan fingerprint density at radius 3 is 2.10 bits per heavy atom. The van der Waals surface area contributed by atoms with Gasteiger partial charge < -0.3 is 0 Å². The summed E-state index contributed by atoms with van der Waals surface area (Å²) in [6.07, 6.45) is 3.80. The molecule has 0 amide bonds. The van der Waals surface area contributed by atoms with E-state index >= 15 is 0 Å². The Labute approximate surface area is 233 Å². The Balaban J connectivity index is 0.00000210. The zero-order chi connectivity index (χ0) is 17.9. The maximum Gasteiger partial charge on any atom is 0.264 e. The average Bonchev–Trinajstić information content (AvgIpc) is 2.70. The van der Waals surface area contributed by atoms with E-state index in [0.717, 1.165) is 39.2 Å². The Morgan fingerprint density at radius 2 is 1.50 bits per heavy atom. The van der Waals surface area contributed by atoms with Crippen LogP contribution in [0.1, 0.15) is 5.56 Å². The quantitative estimate of drug-likeness (QED) is 0.224. The molecule has 6 heteroatoms. The molecule has 2 nitrogen and oxygen atoms in total. The van der Waals surface area contributed by atoms with E-state index in [2.05, 4.69) is 48.3 Å². The minimum atomic E-state index is 0. The molecule has 0 bridgehead atoms. The van der Waals surface area contributed by atoms with Crippen molar-refractivity contribution in [3.63, 3.8) is 0 Å². The van der Waals surface area contributed by atoms with Crippen LogP contribution in [0.4, 0.5) is 0 Å². The van der Waals surface area contributed by atoms with E-state index in [0.29, 0.717) is 0 Å². The van der Waals surface area contributed by atoms with Crippen LogP contribution < -0.4 is 4.57 Å². The molecule has 0 saturated carbocycles. The van der Waals surface area contributed by atoms with Gasteiger partial charge in [0.2, 0.25) is 0 Å². The van der Waals surface area contributed by atoms with E-state index < -0.39 is 0 Å². The zero-order valence-electron chi connectivity index (χ0n) is 17.1. The first kappa shape index (κ1) is 29.1. The molecular formula is C24H17B2N2Y2-3. The third-order valence-electron chi connectivity index (χ3n) is 4.34. The van der Waals surface area contributed by atoms with E-state index in [-0.39, 0.29) is 82.2 Å². The molecule has 138 valence electrons. The maximum atomic E-state index is 4.51. The summed E-state index contributed by atoms with van der Waals surface area (Å²) in [5, 5.41) is 0. The van der Waals surface area contributed by atoms with E-state index in [1.54, 1.807) is 6.20 Å². The summed E-state index contributed by atoms with van der Waals surface area (Å²) in [5.74, 6) is 0.895. The van der Waals surface area contributed by atoms with Gasteiger partial charge in [-0.3, -0.25) is 4.57 Å². The van der Waals surface area contributed by atoms with Crippen LogP contribution in [-0.4, -0.2) is 21.8 Å². The second kappa shape index (κ2) is 13.5. The summed E-state index contributed by atoms with van der Waals surface area (Å²) in [7, 11) is 1.99. The number of rotatable bonds is 3. The van der Waals surface area contributed by atoms with Crippen LogP contribution in [-0.2, 0) is 72.5 Å². The average molecular weight is 533 g/mol. The molecule has 0 atom stereocenters. The van der Waals surface area contributed by atoms with Crippen molar-refractivity contribution in [2.24, 2.45) is 7.05 Å². The summed E-state index contributed by atoms with van der Waals surface area (Å²) in [6.45, 7) is 2.08. The fourth-order valence-electron chi connectivity index (χ4n) is 2.89. The van der Waals surface area contributed by atoms with Crippen molar-refractivity contribution in [1.29, 1.82) is 0 Å². The topological polar surface area (TPSA) is 16.8 Å². The number of hydrogen-bond acceptors (Lipinski definition) is 1. The molecule has 1 heterocycles. The third-order valence-corrected chi connectivity index (χ3v) is 4.34. The Hall–Kier alpha value is -0.922. The van der Waals surface area contributed by atoms with Crippen molar-refractivity contribution in [3.05, 3.63) is 96.8 Å². The smallest absolute Gasteiger partial charge is 0.264 e. The number of hydrogen-bond donors (Lipinski definition) is 0. The van der Waals surface area contributed by atoms with Crippen LogP contribution in [0, 0.1) is 31.2 Å². The minimum Gasteiger partial charge on any atom is -0.265 e. The van der Waals surface area contributed by atoms with Crippen molar-refractivity contribution < 1.29 is 70.0 Å². The van der Waals surface area contributed by atoms with Crippen LogP contribution in [0.2, 0.25) is 0 Å². The van der Waals surface area contributed by atoms with Gasteiger partial charge in [0.25, 0.3) is 5.82 Å². The van der Waals surface area contributed by atoms with Crippen molar-refractivity contribution in [1.82, 2.24) is 4.98 Å². The minimum absolute atomic E-state index is 0. The van der Waals surface area contributed by atoms with Crippen LogP contribution >= 0.6 is 0 Å². The fourth-order valence-corrected chi connectivity index (χ4v) is 2.89. The molecule has 0 spiro atoms. The molecule has 0 unspecified atom stereocenters. The maximum absolute atomic E-state index is 4.51. The number of aromatic nitrogens is 2. The number of nitrogens with zero attached hydrogens (tertiary/aromatic N) is 2. The summed E-state index contributed by atoms with van der Waals surface area (Å²) in [5.41, 5.74) is 6.09. The predicted octanol–water partition coefficient (Wildman–Crippen LogP) is 3.65. The molecule has 4 aromatic rings. The largest absolute Gasteiger partial charge is 0.265 e. The van der Waals surface area contributed by atoms with Gasteiger partial charge in [-0.25, -0.2) is 46.5 Å². The van der Waals surface area contributed by atoms with Gasteiger partial charge in [-0.15, -0.1) is 17.7 Å². The molecule has 4 rings (SSSR count). The molecular weight excluding hydrogens is 516 g/mol. The molecule has 0 saturated heterocycles. The van der Waals surface area contributed by atoms with Gasteiger partial charge >= 0.3 is 0 Å². The Kier molecular flexibility index (Phi) is 13.1. The molecule has 30 heavy (non-hydrogen) atoms. The van der Waals surface area contributed by atoms with Crippen molar-refractivity contribution in [2.45, 2.75) is 6.92 Å². The van der Waals surface area contributed by atoms with Gasteiger partial charge in [0, 0.05) is 88.3 Å². The van der Waals surface area contributed by atoms with Crippen LogP contribution in [0.25, 0.3) is 33.6 Å². The Morgan fingerprint density at radius 1 is 0.800 bits per heavy atom. The molecule has 0 aliphatic rings. The van der Waals surface area contributed by atoms with Crippen LogP contribution in [0.5, 0.6) is 0 Å². The number of benzene rings is 3. The Bertz CT molecular complexity index is 1060. The summed E-state index contributed by atoms with van der Waals surface area (Å²) in [4.78, 5) is 4.51. The molecule has 3 aromatic carbocycles. The summed E-state index contributed by atoms with van der Waals surface area (Å²) < 4.78 is 2.01. The van der Waals surface area contributed by atoms with Gasteiger partial charge in [-0.05, 0) is 5.56 Å². The molecule has 0 aliphatic heterocycles. The predicted molar refractivity (Wildman–Crippen MR) is 113 cm³/mol. The first-order valence-corrected chi connectivity index (χ1v) is 8.47. The van der Waals surface area contributed by atoms with Gasteiger partial charge in [-0.1, -0.05) is 11.9 Å². The first-order valence-electron chi connectivity index (χ1n) is 8.47. The monoisotopic (exact) mass is 533 g/mol. The molecule has 0 N–H and O–H groups in total. The second-order valence-corrected chi connectivity index (χ2v) is 6.17. The number of aryl methyl sites for hydroxylation is 2. The van der Waals surface area contributed by atoms with Gasteiger partial charge in [0.1, 0.15) is 6.20 Å². The van der Waals surface area contributed by atoms with Gasteiger partial charge in [-0.2, -0.15) is 36.4 Å². The molecule has 0 aliphatic carbocycles. The van der Waals surface area contributed by atoms with E-state index in [1.807, 2.05) is 60.3 Å². The standard InChI is InChI=1S/C24H17N2.2B.2Y/c1-18-9-10-22(17-23(18)24-25-15-6-16-26(24)2)21-13-11-20(12-14-21)19-7-4-3-5-8-19;;;;/h3-7,9-11,14-16H,1-2H3;;;;/q-3;;;;. The molecule has 1 aromatic heterocycles. The zero-order valence-corrected chi connectivity index (χ0v) is 22.7. The van der Waals surface area contributed by atoms with Crippen molar-refractivity contribution >= 4 is 16.8 Å². The molecule has 0 fully saturated rings. The van der Waals surface area contributed by atoms with Crippen molar-refractivity contribution in [2.75, 3.05) is 0 Å². The SMILES string of the molecule is Cc1ccc(-c2[c-]cc(-c3[c-]cccc3)[c-]c2)[c-]c1-c1nccc[n+]1C.[B].[B].[Y].[Y]. The van der Waals surface area contributed by atoms with E-state index in [9.17, 15) is 0 Å². The normalized spacial score (nSPS) is 9.27. The van der Waals surface area contributed by atoms with Gasteiger partial charge in [0.15, 0.2) is 0 Å². The molecule has 8 radical (unpaired) electrons.